The molecule has 1 aromatic carbocycles. The molecule has 0 fully saturated rings. The number of hydrogen-bond donors (Lipinski definition) is 1. The van der Waals surface area contributed by atoms with Crippen LogP contribution in [-0.4, -0.2) is 42.9 Å². The first-order chi connectivity index (χ1) is 8.37. The lowest BCUT2D eigenvalue weighted by Gasteiger charge is -2.28. The van der Waals surface area contributed by atoms with Crippen LogP contribution in [0.25, 0.3) is 0 Å². The Morgan fingerprint density at radius 3 is 2.39 bits per heavy atom. The van der Waals surface area contributed by atoms with Crippen LogP contribution in [0.5, 0.6) is 5.75 Å². The van der Waals surface area contributed by atoms with Gasteiger partial charge >= 0.3 is 0 Å². The molecule has 0 spiro atoms. The van der Waals surface area contributed by atoms with Crippen LogP contribution in [0.3, 0.4) is 0 Å². The average Bonchev–Trinajstić information content (AvgIpc) is 2.25. The van der Waals surface area contributed by atoms with E-state index in [9.17, 15) is 5.11 Å². The summed E-state index contributed by atoms with van der Waals surface area (Å²) >= 11 is 0. The van der Waals surface area contributed by atoms with E-state index in [4.69, 9.17) is 4.74 Å². The third-order valence-electron chi connectivity index (χ3n) is 2.45. The van der Waals surface area contributed by atoms with Gasteiger partial charge in [0.05, 0.1) is 0 Å². The molecule has 18 heavy (non-hydrogen) atoms. The first kappa shape index (κ1) is 15.0. The van der Waals surface area contributed by atoms with Crippen molar-refractivity contribution in [2.24, 2.45) is 5.41 Å². The number of aliphatic hydroxyl groups is 1. The summed E-state index contributed by atoms with van der Waals surface area (Å²) < 4.78 is 5.52. The van der Waals surface area contributed by atoms with E-state index in [0.717, 1.165) is 12.3 Å². The number of para-hydroxylation sites is 1. The molecule has 102 valence electrons. The lowest BCUT2D eigenvalue weighted by atomic mass is 9.96. The van der Waals surface area contributed by atoms with Gasteiger partial charge in [-0.25, -0.2) is 0 Å². The van der Waals surface area contributed by atoms with Crippen LogP contribution in [0.4, 0.5) is 0 Å². The van der Waals surface area contributed by atoms with Gasteiger partial charge in [-0.2, -0.15) is 0 Å². The molecule has 1 atom stereocenters. The second-order valence-electron chi connectivity index (χ2n) is 6.04. The Morgan fingerprint density at radius 1 is 1.22 bits per heavy atom. The highest BCUT2D eigenvalue weighted by molar-refractivity contribution is 5.20. The second-order valence-corrected chi connectivity index (χ2v) is 6.04. The molecule has 0 aliphatic carbocycles. The normalized spacial score (nSPS) is 13.7. The topological polar surface area (TPSA) is 32.7 Å². The van der Waals surface area contributed by atoms with Crippen molar-refractivity contribution in [3.05, 3.63) is 30.3 Å². The Bertz CT molecular complexity index is 332. The van der Waals surface area contributed by atoms with Gasteiger partial charge in [0.15, 0.2) is 0 Å². The van der Waals surface area contributed by atoms with Crippen molar-refractivity contribution < 1.29 is 9.84 Å². The minimum atomic E-state index is -0.461. The van der Waals surface area contributed by atoms with Gasteiger partial charge < -0.3 is 14.7 Å². The van der Waals surface area contributed by atoms with E-state index in [1.807, 2.05) is 37.4 Å². The predicted octanol–water partition coefficient (Wildman–Crippen LogP) is 2.40. The zero-order chi connectivity index (χ0) is 13.6. The third-order valence-corrected chi connectivity index (χ3v) is 2.45. The van der Waals surface area contributed by atoms with Crippen molar-refractivity contribution in [2.75, 3.05) is 26.7 Å². The Hall–Kier alpha value is -1.06. The highest BCUT2D eigenvalue weighted by Gasteiger charge is 2.16. The zero-order valence-electron chi connectivity index (χ0n) is 11.9. The van der Waals surface area contributed by atoms with Gasteiger partial charge in [0, 0.05) is 13.1 Å². The summed E-state index contributed by atoms with van der Waals surface area (Å²) in [6.07, 6.45) is -0.461. The number of benzene rings is 1. The molecule has 1 N–H and O–H groups in total. The summed E-state index contributed by atoms with van der Waals surface area (Å²) in [5, 5.41) is 9.91. The van der Waals surface area contributed by atoms with Crippen LogP contribution in [0.15, 0.2) is 30.3 Å². The van der Waals surface area contributed by atoms with Crippen molar-refractivity contribution >= 4 is 0 Å². The molecule has 0 aliphatic heterocycles. The molecule has 3 heteroatoms. The Balaban J connectivity index is 2.27. The van der Waals surface area contributed by atoms with Crippen LogP contribution in [0.1, 0.15) is 20.8 Å². The zero-order valence-corrected chi connectivity index (χ0v) is 11.9. The number of likely N-dealkylation sites (N-methyl/N-ethyl adjacent to an activating group) is 1. The quantitative estimate of drug-likeness (QED) is 0.842. The first-order valence-corrected chi connectivity index (χ1v) is 6.41. The van der Waals surface area contributed by atoms with Crippen LogP contribution in [-0.2, 0) is 0 Å². The van der Waals surface area contributed by atoms with E-state index in [-0.39, 0.29) is 5.41 Å². The standard InChI is InChI=1S/C15H25NO2/c1-15(2,3)12-16(4)10-13(17)11-18-14-8-6-5-7-9-14/h5-9,13,17H,10-12H2,1-4H3. The summed E-state index contributed by atoms with van der Waals surface area (Å²) in [4.78, 5) is 2.14. The molecule has 0 amide bonds. The fourth-order valence-corrected chi connectivity index (χ4v) is 2.00. The molecule has 0 aliphatic rings. The molecule has 0 saturated heterocycles. The lowest BCUT2D eigenvalue weighted by Crippen LogP contribution is -2.37. The summed E-state index contributed by atoms with van der Waals surface area (Å²) in [5.74, 6) is 0.801. The Kier molecular flexibility index (Phi) is 5.63. The lowest BCUT2D eigenvalue weighted by molar-refractivity contribution is 0.0667. The summed E-state index contributed by atoms with van der Waals surface area (Å²) in [5.41, 5.74) is 0.245. The minimum Gasteiger partial charge on any atom is -0.491 e. The largest absolute Gasteiger partial charge is 0.491 e. The first-order valence-electron chi connectivity index (χ1n) is 6.41. The second kappa shape index (κ2) is 6.76. The summed E-state index contributed by atoms with van der Waals surface area (Å²) in [6.45, 7) is 8.49. The van der Waals surface area contributed by atoms with E-state index in [1.165, 1.54) is 0 Å². The molecule has 3 nitrogen and oxygen atoms in total. The number of hydrogen-bond acceptors (Lipinski definition) is 3. The minimum absolute atomic E-state index is 0.245. The van der Waals surface area contributed by atoms with E-state index in [2.05, 4.69) is 25.7 Å². The van der Waals surface area contributed by atoms with Crippen LogP contribution < -0.4 is 4.74 Å². The molecule has 1 unspecified atom stereocenters. The van der Waals surface area contributed by atoms with E-state index in [1.54, 1.807) is 0 Å². The van der Waals surface area contributed by atoms with Crippen molar-refractivity contribution in [3.63, 3.8) is 0 Å². The van der Waals surface area contributed by atoms with Gasteiger partial charge in [-0.05, 0) is 24.6 Å². The van der Waals surface area contributed by atoms with Gasteiger partial charge in [-0.15, -0.1) is 0 Å². The molecular formula is C15H25NO2. The van der Waals surface area contributed by atoms with E-state index >= 15 is 0 Å². The fourth-order valence-electron chi connectivity index (χ4n) is 2.00. The Morgan fingerprint density at radius 2 is 1.83 bits per heavy atom. The van der Waals surface area contributed by atoms with Crippen LogP contribution in [0, 0.1) is 5.41 Å². The van der Waals surface area contributed by atoms with Gasteiger partial charge in [-0.3, -0.25) is 0 Å². The molecule has 0 saturated carbocycles. The van der Waals surface area contributed by atoms with Crippen molar-refractivity contribution in [1.29, 1.82) is 0 Å². The molecule has 0 bridgehead atoms. The molecule has 0 aromatic heterocycles. The fraction of sp³-hybridized carbons (Fsp3) is 0.600. The van der Waals surface area contributed by atoms with Gasteiger partial charge in [-0.1, -0.05) is 39.0 Å². The molecule has 1 aromatic rings. The molecular weight excluding hydrogens is 226 g/mol. The van der Waals surface area contributed by atoms with Crippen molar-refractivity contribution in [1.82, 2.24) is 4.90 Å². The van der Waals surface area contributed by atoms with Crippen LogP contribution in [0.2, 0.25) is 0 Å². The van der Waals surface area contributed by atoms with Crippen LogP contribution >= 0.6 is 0 Å². The SMILES string of the molecule is CN(CC(O)COc1ccccc1)CC(C)(C)C. The van der Waals surface area contributed by atoms with E-state index in [0.29, 0.717) is 13.2 Å². The third kappa shape index (κ3) is 6.62. The number of nitrogens with zero attached hydrogens (tertiary/aromatic N) is 1. The maximum Gasteiger partial charge on any atom is 0.119 e. The van der Waals surface area contributed by atoms with Gasteiger partial charge in [0.2, 0.25) is 0 Å². The summed E-state index contributed by atoms with van der Waals surface area (Å²) in [7, 11) is 2.02. The molecule has 0 radical (unpaired) electrons. The average molecular weight is 251 g/mol. The predicted molar refractivity (Wildman–Crippen MR) is 74.9 cm³/mol. The smallest absolute Gasteiger partial charge is 0.119 e. The Labute approximate surface area is 110 Å². The molecule has 1 rings (SSSR count). The number of aliphatic hydroxyl groups excluding tert-OH is 1. The van der Waals surface area contributed by atoms with Crippen molar-refractivity contribution in [3.8, 4) is 5.75 Å². The van der Waals surface area contributed by atoms with Crippen molar-refractivity contribution in [2.45, 2.75) is 26.9 Å². The monoisotopic (exact) mass is 251 g/mol. The maximum absolute atomic E-state index is 9.91. The number of ether oxygens (including phenoxy) is 1. The number of rotatable bonds is 6. The molecule has 0 heterocycles. The van der Waals surface area contributed by atoms with Gasteiger partial charge in [0.1, 0.15) is 18.5 Å². The summed E-state index contributed by atoms with van der Waals surface area (Å²) in [6, 6.07) is 9.58. The highest BCUT2D eigenvalue weighted by Crippen LogP contribution is 2.14. The highest BCUT2D eigenvalue weighted by atomic mass is 16.5. The van der Waals surface area contributed by atoms with Gasteiger partial charge in [0.25, 0.3) is 0 Å². The maximum atomic E-state index is 9.91. The van der Waals surface area contributed by atoms with E-state index < -0.39 is 6.10 Å².